The van der Waals surface area contributed by atoms with Crippen LogP contribution in [0.15, 0.2) is 0 Å². The highest BCUT2D eigenvalue weighted by atomic mass is 16.4. The van der Waals surface area contributed by atoms with Crippen molar-refractivity contribution in [1.82, 2.24) is 9.80 Å². The molecule has 1 saturated carbocycles. The average Bonchev–Trinajstić information content (AvgIpc) is 2.41. The zero-order valence-electron chi connectivity index (χ0n) is 12.0. The summed E-state index contributed by atoms with van der Waals surface area (Å²) in [6, 6.07) is 0.603. The number of carboxylic acid groups (broad SMARTS) is 1. The number of hydrogen-bond donors (Lipinski definition) is 1. The topological polar surface area (TPSA) is 60.9 Å². The Morgan fingerprint density at radius 3 is 2.50 bits per heavy atom. The second-order valence-electron chi connectivity index (χ2n) is 6.60. The third-order valence-electron chi connectivity index (χ3n) is 5.18. The van der Waals surface area contributed by atoms with Crippen molar-refractivity contribution < 1.29 is 14.7 Å². The molecule has 2 amide bonds. The quantitative estimate of drug-likeness (QED) is 0.843. The van der Waals surface area contributed by atoms with Crippen molar-refractivity contribution in [2.45, 2.75) is 51.0 Å². The molecule has 1 N–H and O–H groups in total. The predicted molar refractivity (Wildman–Crippen MR) is 74.4 cm³/mol. The van der Waals surface area contributed by atoms with Crippen LogP contribution >= 0.6 is 0 Å². The summed E-state index contributed by atoms with van der Waals surface area (Å²) in [4.78, 5) is 27.2. The monoisotopic (exact) mass is 280 g/mol. The van der Waals surface area contributed by atoms with Crippen LogP contribution in [0.3, 0.4) is 0 Å². The summed E-state index contributed by atoms with van der Waals surface area (Å²) >= 11 is 0. The standard InChI is InChI=1S/C15H24N2O3/c18-14(19)8-11-9-16(10-11)15(20)17-7-3-5-12-4-1-2-6-13(12)17/h11-13H,1-10H2,(H,18,19). The fraction of sp³-hybridized carbons (Fsp3) is 0.867. The van der Waals surface area contributed by atoms with Gasteiger partial charge in [-0.25, -0.2) is 4.79 Å². The van der Waals surface area contributed by atoms with Crippen LogP contribution in [-0.4, -0.2) is 52.6 Å². The van der Waals surface area contributed by atoms with Crippen LogP contribution in [0, 0.1) is 11.8 Å². The maximum atomic E-state index is 12.6. The number of urea groups is 1. The van der Waals surface area contributed by atoms with Crippen LogP contribution in [0.25, 0.3) is 0 Å². The minimum atomic E-state index is -0.757. The molecule has 0 aromatic heterocycles. The summed E-state index contributed by atoms with van der Waals surface area (Å²) in [7, 11) is 0. The fourth-order valence-electron chi connectivity index (χ4n) is 4.15. The van der Waals surface area contributed by atoms with Crippen molar-refractivity contribution in [3.05, 3.63) is 0 Å². The highest BCUT2D eigenvalue weighted by Crippen LogP contribution is 2.36. The van der Waals surface area contributed by atoms with Gasteiger partial charge >= 0.3 is 12.0 Å². The summed E-state index contributed by atoms with van der Waals surface area (Å²) in [5, 5.41) is 8.76. The van der Waals surface area contributed by atoms with Gasteiger partial charge in [-0.3, -0.25) is 4.79 Å². The van der Waals surface area contributed by atoms with E-state index in [-0.39, 0.29) is 18.4 Å². The zero-order valence-corrected chi connectivity index (χ0v) is 12.0. The van der Waals surface area contributed by atoms with Crippen molar-refractivity contribution in [2.75, 3.05) is 19.6 Å². The van der Waals surface area contributed by atoms with Crippen LogP contribution in [0.2, 0.25) is 0 Å². The number of rotatable bonds is 2. The lowest BCUT2D eigenvalue weighted by Crippen LogP contribution is -2.60. The Bertz CT molecular complexity index is 391. The first-order chi connectivity index (χ1) is 9.65. The lowest BCUT2D eigenvalue weighted by Gasteiger charge is -2.48. The number of piperidine rings is 1. The summed E-state index contributed by atoms with van der Waals surface area (Å²) in [5.41, 5.74) is 0. The number of carbonyl (C=O) groups is 2. The molecule has 0 radical (unpaired) electrons. The number of aliphatic carboxylic acids is 1. The van der Waals surface area contributed by atoms with Crippen LogP contribution in [-0.2, 0) is 4.79 Å². The number of carbonyl (C=O) groups excluding carboxylic acids is 1. The van der Waals surface area contributed by atoms with E-state index in [4.69, 9.17) is 5.11 Å². The van der Waals surface area contributed by atoms with Crippen molar-refractivity contribution in [3.63, 3.8) is 0 Å². The van der Waals surface area contributed by atoms with Gasteiger partial charge in [-0.2, -0.15) is 0 Å². The molecule has 5 heteroatoms. The molecule has 2 unspecified atom stereocenters. The first-order valence-corrected chi connectivity index (χ1v) is 7.92. The SMILES string of the molecule is O=C(O)CC1CN(C(=O)N2CCCC3CCCCC32)C1. The number of carboxylic acids is 1. The molecule has 0 bridgehead atoms. The molecular weight excluding hydrogens is 256 g/mol. The van der Waals surface area contributed by atoms with Crippen LogP contribution < -0.4 is 0 Å². The van der Waals surface area contributed by atoms with Gasteiger partial charge in [-0.05, 0) is 31.6 Å². The second-order valence-corrected chi connectivity index (χ2v) is 6.60. The summed E-state index contributed by atoms with van der Waals surface area (Å²) in [6.07, 6.45) is 7.57. The number of nitrogens with zero attached hydrogens (tertiary/aromatic N) is 2. The van der Waals surface area contributed by atoms with E-state index in [1.807, 2.05) is 4.90 Å². The number of fused-ring (bicyclic) bond motifs is 1. The summed E-state index contributed by atoms with van der Waals surface area (Å²) < 4.78 is 0. The van der Waals surface area contributed by atoms with Crippen LogP contribution in [0.5, 0.6) is 0 Å². The predicted octanol–water partition coefficient (Wildman–Crippen LogP) is 2.17. The van der Waals surface area contributed by atoms with E-state index >= 15 is 0 Å². The molecule has 3 rings (SSSR count). The normalized spacial score (nSPS) is 30.6. The Labute approximate surface area is 119 Å². The van der Waals surface area contributed by atoms with Gasteiger partial charge < -0.3 is 14.9 Å². The molecule has 0 aromatic rings. The number of likely N-dealkylation sites (tertiary alicyclic amines) is 2. The van der Waals surface area contributed by atoms with Gasteiger partial charge in [-0.15, -0.1) is 0 Å². The van der Waals surface area contributed by atoms with E-state index < -0.39 is 5.97 Å². The molecule has 1 aliphatic carbocycles. The fourth-order valence-corrected chi connectivity index (χ4v) is 4.15. The molecule has 0 spiro atoms. The van der Waals surface area contributed by atoms with Gasteiger partial charge in [0.15, 0.2) is 0 Å². The lowest BCUT2D eigenvalue weighted by atomic mass is 9.78. The van der Waals surface area contributed by atoms with Gasteiger partial charge in [0.2, 0.25) is 0 Å². The summed E-state index contributed by atoms with van der Waals surface area (Å²) in [6.45, 7) is 2.14. The largest absolute Gasteiger partial charge is 0.481 e. The van der Waals surface area contributed by atoms with Gasteiger partial charge in [0.1, 0.15) is 0 Å². The second kappa shape index (κ2) is 5.62. The smallest absolute Gasteiger partial charge is 0.320 e. The highest BCUT2D eigenvalue weighted by Gasteiger charge is 2.40. The number of amides is 2. The van der Waals surface area contributed by atoms with E-state index in [0.717, 1.165) is 19.4 Å². The van der Waals surface area contributed by atoms with Gasteiger partial charge in [0, 0.05) is 31.6 Å². The Hall–Kier alpha value is -1.26. The molecule has 3 fully saturated rings. The van der Waals surface area contributed by atoms with Crippen molar-refractivity contribution >= 4 is 12.0 Å². The van der Waals surface area contributed by atoms with Gasteiger partial charge in [0.25, 0.3) is 0 Å². The van der Waals surface area contributed by atoms with E-state index in [0.29, 0.717) is 25.0 Å². The van der Waals surface area contributed by atoms with Crippen LogP contribution in [0.4, 0.5) is 4.79 Å². The molecule has 2 saturated heterocycles. The molecule has 5 nitrogen and oxygen atoms in total. The first kappa shape index (κ1) is 13.7. The third kappa shape index (κ3) is 2.63. The Balaban J connectivity index is 1.56. The van der Waals surface area contributed by atoms with E-state index in [2.05, 4.69) is 4.90 Å². The molecule has 20 heavy (non-hydrogen) atoms. The molecule has 0 aromatic carbocycles. The minimum absolute atomic E-state index is 0.156. The molecule has 3 aliphatic rings. The van der Waals surface area contributed by atoms with E-state index in [1.54, 1.807) is 0 Å². The Morgan fingerprint density at radius 2 is 1.75 bits per heavy atom. The first-order valence-electron chi connectivity index (χ1n) is 7.92. The van der Waals surface area contributed by atoms with E-state index in [9.17, 15) is 9.59 Å². The molecule has 112 valence electrons. The van der Waals surface area contributed by atoms with Crippen molar-refractivity contribution in [1.29, 1.82) is 0 Å². The van der Waals surface area contributed by atoms with Crippen LogP contribution in [0.1, 0.15) is 44.9 Å². The summed E-state index contributed by atoms with van der Waals surface area (Å²) in [5.74, 6) is 0.105. The minimum Gasteiger partial charge on any atom is -0.481 e. The molecule has 2 atom stereocenters. The Kier molecular flexibility index (Phi) is 3.85. The number of hydrogen-bond acceptors (Lipinski definition) is 2. The average molecular weight is 280 g/mol. The third-order valence-corrected chi connectivity index (χ3v) is 5.18. The zero-order chi connectivity index (χ0) is 14.1. The maximum Gasteiger partial charge on any atom is 0.320 e. The van der Waals surface area contributed by atoms with Gasteiger partial charge in [-0.1, -0.05) is 12.8 Å². The Morgan fingerprint density at radius 1 is 1.05 bits per heavy atom. The highest BCUT2D eigenvalue weighted by molar-refractivity contribution is 5.76. The lowest BCUT2D eigenvalue weighted by molar-refractivity contribution is -0.139. The molecule has 2 aliphatic heterocycles. The van der Waals surface area contributed by atoms with E-state index in [1.165, 1.54) is 25.7 Å². The van der Waals surface area contributed by atoms with Crippen molar-refractivity contribution in [2.24, 2.45) is 11.8 Å². The van der Waals surface area contributed by atoms with Gasteiger partial charge in [0.05, 0.1) is 6.42 Å². The maximum absolute atomic E-state index is 12.6. The molecular formula is C15H24N2O3. The molecule has 2 heterocycles. The van der Waals surface area contributed by atoms with Crippen molar-refractivity contribution in [3.8, 4) is 0 Å².